The Morgan fingerprint density at radius 3 is 1.93 bits per heavy atom. The van der Waals surface area contributed by atoms with Gasteiger partial charge < -0.3 is 29.2 Å². The van der Waals surface area contributed by atoms with Crippen LogP contribution in [0.2, 0.25) is 0 Å². The van der Waals surface area contributed by atoms with Crippen molar-refractivity contribution >= 4 is 17.9 Å². The van der Waals surface area contributed by atoms with Crippen molar-refractivity contribution in [3.63, 3.8) is 0 Å². The minimum absolute atomic E-state index is 0.136. The minimum Gasteiger partial charge on any atom is -0.459 e. The lowest BCUT2D eigenvalue weighted by Gasteiger charge is -2.63. The summed E-state index contributed by atoms with van der Waals surface area (Å²) in [6, 6.07) is 16.9. The molecule has 0 radical (unpaired) electrons. The zero-order chi connectivity index (χ0) is 29.0. The first-order valence-corrected chi connectivity index (χ1v) is 13.6. The van der Waals surface area contributed by atoms with Gasteiger partial charge in [-0.05, 0) is 50.5 Å². The van der Waals surface area contributed by atoms with E-state index in [9.17, 15) is 24.6 Å². The fourth-order valence-electron chi connectivity index (χ4n) is 7.80. The van der Waals surface area contributed by atoms with Gasteiger partial charge in [-0.15, -0.1) is 0 Å². The van der Waals surface area contributed by atoms with Crippen molar-refractivity contribution in [1.82, 2.24) is 0 Å². The number of para-hydroxylation sites is 2. The fourth-order valence-corrected chi connectivity index (χ4v) is 7.80. The van der Waals surface area contributed by atoms with Gasteiger partial charge in [-0.1, -0.05) is 50.2 Å². The number of aliphatic hydroxyl groups excluding tert-OH is 2. The van der Waals surface area contributed by atoms with Gasteiger partial charge in [0.25, 0.3) is 0 Å². The monoisotopic (exact) mass is 552 g/mol. The maximum atomic E-state index is 14.2. The zero-order valence-corrected chi connectivity index (χ0v) is 23.3. The standard InChI is InChI=1S/C31H36O9/c1-17-16-21(33)25(34)30(5)24(28(36)39-20-14-10-7-11-15-20)22(27(35)38-19-12-8-6-9-13-19)23-26(37-18(2)32)31(17,30)40-29(23,3)4/h6-15,17,21-26,33-34H,16H2,1-5H3/t17-,21+,22-,23-,24+,25+,26-,30-,31-/m1/s1. The molecule has 3 aliphatic rings. The van der Waals surface area contributed by atoms with Gasteiger partial charge in [-0.2, -0.15) is 0 Å². The third kappa shape index (κ3) is 4.14. The molecule has 2 saturated carbocycles. The largest absolute Gasteiger partial charge is 0.459 e. The number of fused-ring (bicyclic) bond motifs is 1. The Bertz CT molecular complexity index is 1280. The van der Waals surface area contributed by atoms with Gasteiger partial charge in [0, 0.05) is 18.3 Å². The molecule has 2 aromatic rings. The number of hydrogen-bond donors (Lipinski definition) is 2. The summed E-state index contributed by atoms with van der Waals surface area (Å²) in [6.07, 6.45) is -3.63. The van der Waals surface area contributed by atoms with Gasteiger partial charge in [0.2, 0.25) is 0 Å². The number of carbonyl (C=O) groups is 3. The van der Waals surface area contributed by atoms with Crippen molar-refractivity contribution in [1.29, 1.82) is 0 Å². The maximum Gasteiger partial charge on any atom is 0.316 e. The van der Waals surface area contributed by atoms with E-state index in [0.717, 1.165) is 0 Å². The number of ether oxygens (including phenoxy) is 4. The summed E-state index contributed by atoms with van der Waals surface area (Å²) < 4.78 is 24.4. The van der Waals surface area contributed by atoms with Crippen LogP contribution in [0.3, 0.4) is 0 Å². The van der Waals surface area contributed by atoms with Crippen molar-refractivity contribution in [3.05, 3.63) is 60.7 Å². The molecule has 40 heavy (non-hydrogen) atoms. The molecule has 1 heterocycles. The predicted octanol–water partition coefficient (Wildman–Crippen LogP) is 3.31. The molecule has 3 fully saturated rings. The Labute approximate surface area is 233 Å². The Morgan fingerprint density at radius 2 is 1.40 bits per heavy atom. The van der Waals surface area contributed by atoms with E-state index in [2.05, 4.69) is 0 Å². The average Bonchev–Trinajstić information content (AvgIpc) is 3.08. The van der Waals surface area contributed by atoms with Crippen LogP contribution >= 0.6 is 0 Å². The molecule has 0 aromatic heterocycles. The second-order valence-electron chi connectivity index (χ2n) is 12.0. The summed E-state index contributed by atoms with van der Waals surface area (Å²) in [5.74, 6) is -5.49. The molecule has 9 heteroatoms. The quantitative estimate of drug-likeness (QED) is 0.424. The molecule has 1 saturated heterocycles. The van der Waals surface area contributed by atoms with Gasteiger partial charge >= 0.3 is 17.9 Å². The normalized spacial score (nSPS) is 37.6. The molecule has 1 aliphatic heterocycles. The molecule has 2 aromatic carbocycles. The highest BCUT2D eigenvalue weighted by molar-refractivity contribution is 5.87. The van der Waals surface area contributed by atoms with Crippen molar-refractivity contribution < 1.29 is 43.5 Å². The van der Waals surface area contributed by atoms with Crippen molar-refractivity contribution in [2.45, 2.75) is 70.6 Å². The average molecular weight is 553 g/mol. The summed E-state index contributed by atoms with van der Waals surface area (Å²) in [4.78, 5) is 40.9. The SMILES string of the molecule is CC(=O)O[C@@H]1[C@H]2[C@@H](C(=O)Oc3ccccc3)[C@@H](C(=O)Oc3ccccc3)[C@]3(C)[C@@H](O)[C@@H](O)C[C@@H](C)[C@@]13OC2(C)C. The number of rotatable bonds is 5. The molecular formula is C31H36O9. The molecule has 2 N–H and O–H groups in total. The molecule has 9 nitrogen and oxygen atoms in total. The first kappa shape index (κ1) is 28.3. The van der Waals surface area contributed by atoms with Crippen LogP contribution in [0, 0.1) is 29.1 Å². The summed E-state index contributed by atoms with van der Waals surface area (Å²) >= 11 is 0. The number of hydrogen-bond acceptors (Lipinski definition) is 9. The summed E-state index contributed by atoms with van der Waals surface area (Å²) in [5.41, 5.74) is -4.14. The highest BCUT2D eigenvalue weighted by atomic mass is 16.6. The number of esters is 3. The van der Waals surface area contributed by atoms with Crippen LogP contribution in [0.4, 0.5) is 0 Å². The van der Waals surface area contributed by atoms with Crippen LogP contribution in [0.5, 0.6) is 11.5 Å². The molecule has 0 amide bonds. The van der Waals surface area contributed by atoms with Crippen LogP contribution in [0.1, 0.15) is 41.0 Å². The molecule has 214 valence electrons. The molecule has 2 aliphatic carbocycles. The van der Waals surface area contributed by atoms with Crippen LogP contribution in [-0.2, 0) is 23.9 Å². The van der Waals surface area contributed by atoms with E-state index in [1.54, 1.807) is 81.4 Å². The van der Waals surface area contributed by atoms with Crippen LogP contribution in [0.15, 0.2) is 60.7 Å². The molecule has 9 atom stereocenters. The highest BCUT2D eigenvalue weighted by Crippen LogP contribution is 2.70. The van der Waals surface area contributed by atoms with Gasteiger partial charge in [0.15, 0.2) is 0 Å². The Kier molecular flexibility index (Phi) is 7.05. The highest BCUT2D eigenvalue weighted by Gasteiger charge is 2.83. The van der Waals surface area contributed by atoms with Crippen LogP contribution in [-0.4, -0.2) is 57.6 Å². The maximum absolute atomic E-state index is 14.2. The van der Waals surface area contributed by atoms with Gasteiger partial charge in [0.05, 0.1) is 29.6 Å². The lowest BCUT2D eigenvalue weighted by atomic mass is 9.43. The molecular weight excluding hydrogens is 516 g/mol. The van der Waals surface area contributed by atoms with Gasteiger partial charge in [0.1, 0.15) is 23.2 Å². The Hall–Kier alpha value is -3.27. The van der Waals surface area contributed by atoms with E-state index in [4.69, 9.17) is 18.9 Å². The topological polar surface area (TPSA) is 129 Å². The number of benzene rings is 2. The number of aliphatic hydroxyl groups is 2. The first-order chi connectivity index (χ1) is 18.8. The fraction of sp³-hybridized carbons (Fsp3) is 0.516. The summed E-state index contributed by atoms with van der Waals surface area (Å²) in [7, 11) is 0. The lowest BCUT2D eigenvalue weighted by Crippen LogP contribution is -2.76. The zero-order valence-electron chi connectivity index (χ0n) is 23.3. The summed E-state index contributed by atoms with van der Waals surface area (Å²) in [5, 5.41) is 22.8. The Morgan fingerprint density at radius 1 is 0.875 bits per heavy atom. The Balaban J connectivity index is 1.73. The van der Waals surface area contributed by atoms with E-state index >= 15 is 0 Å². The smallest absolute Gasteiger partial charge is 0.316 e. The van der Waals surface area contributed by atoms with Crippen molar-refractivity contribution in [2.75, 3.05) is 0 Å². The predicted molar refractivity (Wildman–Crippen MR) is 142 cm³/mol. The number of carbonyl (C=O) groups excluding carboxylic acids is 3. The van der Waals surface area contributed by atoms with E-state index in [1.165, 1.54) is 6.92 Å². The van der Waals surface area contributed by atoms with Crippen LogP contribution < -0.4 is 9.47 Å². The first-order valence-electron chi connectivity index (χ1n) is 13.6. The molecule has 1 spiro atoms. The van der Waals surface area contributed by atoms with Gasteiger partial charge in [-0.3, -0.25) is 14.4 Å². The van der Waals surface area contributed by atoms with E-state index in [1.807, 2.05) is 6.92 Å². The lowest BCUT2D eigenvalue weighted by molar-refractivity contribution is -0.296. The second kappa shape index (κ2) is 9.98. The third-order valence-electron chi connectivity index (χ3n) is 9.27. The minimum atomic E-state index is -1.62. The van der Waals surface area contributed by atoms with Crippen molar-refractivity contribution in [2.24, 2.45) is 29.1 Å². The van der Waals surface area contributed by atoms with E-state index in [0.29, 0.717) is 0 Å². The molecule has 5 rings (SSSR count). The second-order valence-corrected chi connectivity index (χ2v) is 12.0. The van der Waals surface area contributed by atoms with Crippen LogP contribution in [0.25, 0.3) is 0 Å². The molecule has 0 unspecified atom stereocenters. The van der Waals surface area contributed by atoms with E-state index in [-0.39, 0.29) is 17.9 Å². The van der Waals surface area contributed by atoms with Gasteiger partial charge in [-0.25, -0.2) is 0 Å². The van der Waals surface area contributed by atoms with E-state index < -0.39 is 76.5 Å². The van der Waals surface area contributed by atoms with Crippen molar-refractivity contribution in [3.8, 4) is 11.5 Å². The summed E-state index contributed by atoms with van der Waals surface area (Å²) in [6.45, 7) is 8.28. The molecule has 2 bridgehead atoms. The third-order valence-corrected chi connectivity index (χ3v) is 9.27.